The number of nitrogens with zero attached hydrogens (tertiary/aromatic N) is 3. The quantitative estimate of drug-likeness (QED) is 0.344. The first kappa shape index (κ1) is 23.6. The summed E-state index contributed by atoms with van der Waals surface area (Å²) < 4.78 is 11.6. The van der Waals surface area contributed by atoms with Gasteiger partial charge in [0, 0.05) is 19.7 Å². The van der Waals surface area contributed by atoms with Gasteiger partial charge in [-0.05, 0) is 19.1 Å². The molecular formula is C20H26N4O5. The van der Waals surface area contributed by atoms with Crippen LogP contribution < -0.4 is 15.6 Å². The van der Waals surface area contributed by atoms with E-state index >= 15 is 0 Å². The molecule has 1 aliphatic heterocycles. The number of ether oxygens (including phenoxy) is 2. The van der Waals surface area contributed by atoms with Gasteiger partial charge in [-0.15, -0.1) is 0 Å². The number of aliphatic hydroxyl groups excluding tert-OH is 1. The second kappa shape index (κ2) is 12.8. The number of nitrogens with one attached hydrogen (secondary N) is 1. The fourth-order valence-corrected chi connectivity index (χ4v) is 2.32. The van der Waals surface area contributed by atoms with Crippen molar-refractivity contribution in [3.8, 4) is 5.88 Å². The molecule has 1 aromatic carbocycles. The van der Waals surface area contributed by atoms with Gasteiger partial charge in [-0.1, -0.05) is 24.8 Å². The highest BCUT2D eigenvalue weighted by atomic mass is 16.5. The molecule has 9 heteroatoms. The fourth-order valence-electron chi connectivity index (χ4n) is 2.32. The van der Waals surface area contributed by atoms with E-state index in [4.69, 9.17) is 14.6 Å². The summed E-state index contributed by atoms with van der Waals surface area (Å²) in [6.07, 6.45) is 3.34. The van der Waals surface area contributed by atoms with Crippen LogP contribution in [0.2, 0.25) is 0 Å². The number of anilines is 1. The number of carbonyl (C=O) groups is 1. The average Bonchev–Trinajstić information content (AvgIpc) is 2.77. The molecular weight excluding hydrogens is 376 g/mol. The zero-order valence-corrected chi connectivity index (χ0v) is 16.7. The van der Waals surface area contributed by atoms with Crippen LogP contribution in [-0.2, 0) is 16.1 Å². The summed E-state index contributed by atoms with van der Waals surface area (Å²) >= 11 is 0. The van der Waals surface area contributed by atoms with E-state index in [2.05, 4.69) is 21.9 Å². The van der Waals surface area contributed by atoms with Crippen molar-refractivity contribution in [2.75, 3.05) is 26.1 Å². The summed E-state index contributed by atoms with van der Waals surface area (Å²) in [5.41, 5.74) is 1.01. The summed E-state index contributed by atoms with van der Waals surface area (Å²) in [6, 6.07) is 9.77. The Labute approximate surface area is 169 Å². The number of hydrogen-bond acceptors (Lipinski definition) is 8. The molecule has 9 nitrogen and oxygen atoms in total. The third-order valence-electron chi connectivity index (χ3n) is 3.55. The van der Waals surface area contributed by atoms with E-state index in [1.807, 2.05) is 37.3 Å². The highest BCUT2D eigenvalue weighted by Crippen LogP contribution is 2.21. The van der Waals surface area contributed by atoms with Crippen LogP contribution in [-0.4, -0.2) is 53.6 Å². The van der Waals surface area contributed by atoms with Crippen molar-refractivity contribution >= 4 is 17.9 Å². The summed E-state index contributed by atoms with van der Waals surface area (Å²) in [5, 5.41) is 9.99. The van der Waals surface area contributed by atoms with Crippen LogP contribution in [0.1, 0.15) is 12.5 Å². The van der Waals surface area contributed by atoms with Gasteiger partial charge in [-0.3, -0.25) is 14.4 Å². The Morgan fingerprint density at radius 1 is 1.45 bits per heavy atom. The predicted octanol–water partition coefficient (Wildman–Crippen LogP) is 1.47. The minimum Gasteiger partial charge on any atom is -0.474 e. The topological polar surface area (TPSA) is 115 Å². The van der Waals surface area contributed by atoms with Crippen LogP contribution in [0, 0.1) is 0 Å². The lowest BCUT2D eigenvalue weighted by Crippen LogP contribution is -2.35. The molecule has 2 N–H and O–H groups in total. The summed E-state index contributed by atoms with van der Waals surface area (Å²) in [5.74, 6) is 0.894. The van der Waals surface area contributed by atoms with E-state index in [1.54, 1.807) is 7.05 Å². The van der Waals surface area contributed by atoms with E-state index in [1.165, 1.54) is 17.2 Å². The molecule has 0 radical (unpaired) electrons. The van der Waals surface area contributed by atoms with Gasteiger partial charge >= 0.3 is 0 Å². The first-order valence-corrected chi connectivity index (χ1v) is 8.77. The molecule has 0 saturated carbocycles. The summed E-state index contributed by atoms with van der Waals surface area (Å²) in [7, 11) is 2.69. The highest BCUT2D eigenvalue weighted by Gasteiger charge is 2.20. The Hall–Kier alpha value is -3.46. The summed E-state index contributed by atoms with van der Waals surface area (Å²) in [6.45, 7) is 5.87. The van der Waals surface area contributed by atoms with E-state index in [9.17, 15) is 9.59 Å². The van der Waals surface area contributed by atoms with E-state index < -0.39 is 0 Å². The van der Waals surface area contributed by atoms with Gasteiger partial charge in [0.15, 0.2) is 5.69 Å². The predicted molar refractivity (Wildman–Crippen MR) is 111 cm³/mol. The first-order chi connectivity index (χ1) is 14.1. The van der Waals surface area contributed by atoms with Crippen molar-refractivity contribution < 1.29 is 19.4 Å². The Morgan fingerprint density at radius 2 is 2.14 bits per heavy atom. The van der Waals surface area contributed by atoms with Gasteiger partial charge in [0.25, 0.3) is 5.56 Å². The Bertz CT molecular complexity index is 865. The minimum atomic E-state index is -0.279. The number of hydrogen-bond donors (Lipinski definition) is 2. The highest BCUT2D eigenvalue weighted by molar-refractivity contribution is 5.94. The molecule has 1 unspecified atom stereocenters. The number of aliphatic hydroxyl groups is 1. The van der Waals surface area contributed by atoms with Gasteiger partial charge in [0.2, 0.25) is 11.8 Å². The first-order valence-electron chi connectivity index (χ1n) is 8.77. The molecule has 3 rings (SSSR count). The molecule has 156 valence electrons. The lowest BCUT2D eigenvalue weighted by molar-refractivity contribution is -0.108. The van der Waals surface area contributed by atoms with E-state index in [0.29, 0.717) is 30.4 Å². The number of carbonyl (C=O) groups excluding carboxylic acids is 1. The largest absolute Gasteiger partial charge is 0.474 e. The van der Waals surface area contributed by atoms with Crippen LogP contribution in [0.15, 0.2) is 59.3 Å². The molecule has 0 amide bonds. The maximum Gasteiger partial charge on any atom is 0.281 e. The number of aldehydes is 1. The molecule has 0 fully saturated rings. The Balaban J connectivity index is 0.000000273. The lowest BCUT2D eigenvalue weighted by Gasteiger charge is -2.23. The lowest BCUT2D eigenvalue weighted by atomic mass is 10.2. The maximum absolute atomic E-state index is 11.8. The zero-order valence-electron chi connectivity index (χ0n) is 16.7. The van der Waals surface area contributed by atoms with Crippen molar-refractivity contribution in [3.05, 3.63) is 65.4 Å². The standard InChI is InChI=1S/C10H11NO.C9H11N3O3.CH4O/c1-3-12-10(11-2)9-7-5-4-6-8-9;1-6-4-15-8-7(11-6)9(14)12(2-3-13)5-10-8;1-2/h3-8H,1H2,2H3;3,5-6,11H,2,4H2,1H3;2H,1H3. The molecule has 0 bridgehead atoms. The smallest absolute Gasteiger partial charge is 0.281 e. The van der Waals surface area contributed by atoms with Crippen LogP contribution >= 0.6 is 0 Å². The molecule has 0 saturated heterocycles. The maximum atomic E-state index is 11.8. The molecule has 29 heavy (non-hydrogen) atoms. The van der Waals surface area contributed by atoms with Gasteiger partial charge in [0.05, 0.1) is 18.8 Å². The van der Waals surface area contributed by atoms with Gasteiger partial charge in [-0.25, -0.2) is 4.98 Å². The molecule has 1 atom stereocenters. The molecule has 1 aliphatic rings. The second-order valence-corrected chi connectivity index (χ2v) is 5.58. The number of rotatable bonds is 4. The monoisotopic (exact) mass is 402 g/mol. The number of aromatic nitrogens is 2. The van der Waals surface area contributed by atoms with Crippen LogP contribution in [0.5, 0.6) is 5.88 Å². The SMILES string of the molecule is C=COC(=NC)c1ccccc1.CC1COc2ncn(CC=O)c(=O)c2N1.CO. The van der Waals surface area contributed by atoms with Gasteiger partial charge < -0.3 is 24.7 Å². The molecule has 0 aliphatic carbocycles. The molecule has 1 aromatic heterocycles. The van der Waals surface area contributed by atoms with Crippen LogP contribution in [0.3, 0.4) is 0 Å². The Kier molecular flexibility index (Phi) is 10.4. The van der Waals surface area contributed by atoms with Crippen molar-refractivity contribution in [1.29, 1.82) is 0 Å². The van der Waals surface area contributed by atoms with E-state index in [-0.39, 0.29) is 18.1 Å². The molecule has 2 aromatic rings. The molecule has 2 heterocycles. The number of aliphatic imine (C=N–C) groups is 1. The number of benzene rings is 1. The average molecular weight is 402 g/mol. The summed E-state index contributed by atoms with van der Waals surface area (Å²) in [4.78, 5) is 30.0. The van der Waals surface area contributed by atoms with Gasteiger partial charge in [0.1, 0.15) is 19.2 Å². The van der Waals surface area contributed by atoms with Crippen molar-refractivity contribution in [2.45, 2.75) is 19.5 Å². The van der Waals surface area contributed by atoms with Crippen molar-refractivity contribution in [3.63, 3.8) is 0 Å². The van der Waals surface area contributed by atoms with Crippen LogP contribution in [0.25, 0.3) is 0 Å². The van der Waals surface area contributed by atoms with E-state index in [0.717, 1.165) is 12.7 Å². The second-order valence-electron chi connectivity index (χ2n) is 5.58. The van der Waals surface area contributed by atoms with Gasteiger partial charge in [-0.2, -0.15) is 0 Å². The molecule has 0 spiro atoms. The van der Waals surface area contributed by atoms with Crippen molar-refractivity contribution in [1.82, 2.24) is 9.55 Å². The Morgan fingerprint density at radius 3 is 2.72 bits per heavy atom. The minimum absolute atomic E-state index is 0.00910. The fraction of sp³-hybridized carbons (Fsp3) is 0.300. The third kappa shape index (κ3) is 6.89. The third-order valence-corrected chi connectivity index (χ3v) is 3.55. The van der Waals surface area contributed by atoms with Crippen LogP contribution in [0.4, 0.5) is 5.69 Å². The zero-order chi connectivity index (χ0) is 21.6. The normalized spacial score (nSPS) is 14.3. The number of fused-ring (bicyclic) bond motifs is 1. The van der Waals surface area contributed by atoms with Crippen molar-refractivity contribution in [2.24, 2.45) is 4.99 Å².